The maximum absolute atomic E-state index is 12.5. The summed E-state index contributed by atoms with van der Waals surface area (Å²) in [5, 5.41) is 5.30. The molecule has 116 valence electrons. The van der Waals surface area contributed by atoms with E-state index in [1.807, 2.05) is 49.4 Å². The van der Waals surface area contributed by atoms with Gasteiger partial charge >= 0.3 is 0 Å². The van der Waals surface area contributed by atoms with Gasteiger partial charge in [-0.05, 0) is 47.4 Å². The summed E-state index contributed by atoms with van der Waals surface area (Å²) in [5.74, 6) is -0.0118. The number of hydrogen-bond donors (Lipinski definition) is 1. The number of rotatable bonds is 4. The molecule has 1 N–H and O–H groups in total. The summed E-state index contributed by atoms with van der Waals surface area (Å²) >= 11 is 0. The highest BCUT2D eigenvalue weighted by atomic mass is 16.1. The lowest BCUT2D eigenvalue weighted by atomic mass is 9.95. The fraction of sp³-hybridized carbons (Fsp3) is 0.190. The van der Waals surface area contributed by atoms with E-state index in [1.165, 1.54) is 5.39 Å². The molecule has 0 radical (unpaired) electrons. The Morgan fingerprint density at radius 3 is 2.43 bits per heavy atom. The zero-order chi connectivity index (χ0) is 16.2. The molecule has 0 saturated heterocycles. The summed E-state index contributed by atoms with van der Waals surface area (Å²) in [6.45, 7) is 4.10. The van der Waals surface area contributed by atoms with Crippen LogP contribution in [0.25, 0.3) is 21.9 Å². The van der Waals surface area contributed by atoms with Gasteiger partial charge in [0.05, 0.1) is 0 Å². The number of benzene rings is 3. The number of carbonyl (C=O) groups excluding carboxylic acids is 1. The van der Waals surface area contributed by atoms with Crippen LogP contribution in [-0.2, 0) is 0 Å². The number of hydrogen-bond acceptors (Lipinski definition) is 1. The van der Waals surface area contributed by atoms with E-state index in [0.29, 0.717) is 5.56 Å². The zero-order valence-corrected chi connectivity index (χ0v) is 13.5. The van der Waals surface area contributed by atoms with Crippen molar-refractivity contribution in [1.82, 2.24) is 5.32 Å². The zero-order valence-electron chi connectivity index (χ0n) is 13.5. The average molecular weight is 303 g/mol. The Morgan fingerprint density at radius 1 is 1.00 bits per heavy atom. The van der Waals surface area contributed by atoms with Crippen molar-refractivity contribution >= 4 is 16.7 Å². The minimum absolute atomic E-state index is 0.0118. The lowest BCUT2D eigenvalue weighted by molar-refractivity contribution is 0.0939. The van der Waals surface area contributed by atoms with Gasteiger partial charge in [0, 0.05) is 11.6 Å². The van der Waals surface area contributed by atoms with E-state index in [-0.39, 0.29) is 11.9 Å². The Morgan fingerprint density at radius 2 is 1.70 bits per heavy atom. The molecule has 3 aromatic rings. The fourth-order valence-corrected chi connectivity index (χ4v) is 2.71. The summed E-state index contributed by atoms with van der Waals surface area (Å²) < 4.78 is 0. The molecule has 0 aliphatic heterocycles. The van der Waals surface area contributed by atoms with Crippen molar-refractivity contribution in [1.29, 1.82) is 0 Å². The molecule has 0 aliphatic rings. The van der Waals surface area contributed by atoms with Crippen LogP contribution in [0, 0.1) is 0 Å². The van der Waals surface area contributed by atoms with Gasteiger partial charge in [-0.15, -0.1) is 0 Å². The molecule has 3 rings (SSSR count). The molecule has 0 spiro atoms. The van der Waals surface area contributed by atoms with Crippen molar-refractivity contribution < 1.29 is 4.79 Å². The molecule has 0 heterocycles. The van der Waals surface area contributed by atoms with E-state index in [1.54, 1.807) is 0 Å². The van der Waals surface area contributed by atoms with Crippen molar-refractivity contribution in [3.8, 4) is 11.1 Å². The van der Waals surface area contributed by atoms with E-state index in [9.17, 15) is 4.79 Å². The van der Waals surface area contributed by atoms with Crippen LogP contribution in [-0.4, -0.2) is 11.9 Å². The Hall–Kier alpha value is -2.61. The molecule has 0 saturated carbocycles. The largest absolute Gasteiger partial charge is 0.350 e. The molecule has 0 fully saturated rings. The van der Waals surface area contributed by atoms with Crippen molar-refractivity contribution in [3.63, 3.8) is 0 Å². The van der Waals surface area contributed by atoms with Crippen LogP contribution < -0.4 is 5.32 Å². The van der Waals surface area contributed by atoms with Gasteiger partial charge in [0.15, 0.2) is 0 Å². The maximum atomic E-state index is 12.5. The van der Waals surface area contributed by atoms with Gasteiger partial charge in [0.25, 0.3) is 5.91 Å². The third kappa shape index (κ3) is 3.26. The Labute approximate surface area is 137 Å². The van der Waals surface area contributed by atoms with Crippen LogP contribution in [0.5, 0.6) is 0 Å². The topological polar surface area (TPSA) is 29.1 Å². The molecular formula is C21H21NO. The van der Waals surface area contributed by atoms with Gasteiger partial charge in [-0.1, -0.05) is 61.5 Å². The van der Waals surface area contributed by atoms with E-state index in [2.05, 4.69) is 36.5 Å². The summed E-state index contributed by atoms with van der Waals surface area (Å²) in [6, 6.07) is 22.6. The Bertz CT molecular complexity index is 824. The first-order valence-corrected chi connectivity index (χ1v) is 8.08. The Balaban J connectivity index is 2.13. The van der Waals surface area contributed by atoms with Crippen LogP contribution in [0.4, 0.5) is 0 Å². The summed E-state index contributed by atoms with van der Waals surface area (Å²) in [5.41, 5.74) is 2.93. The number of carbonyl (C=O) groups is 1. The second-order valence-corrected chi connectivity index (χ2v) is 5.89. The minimum atomic E-state index is -0.0118. The molecule has 2 heteroatoms. The highest BCUT2D eigenvalue weighted by Crippen LogP contribution is 2.30. The second kappa shape index (κ2) is 6.66. The van der Waals surface area contributed by atoms with Gasteiger partial charge in [0.1, 0.15) is 0 Å². The van der Waals surface area contributed by atoms with Gasteiger partial charge in [-0.25, -0.2) is 0 Å². The van der Waals surface area contributed by atoms with E-state index >= 15 is 0 Å². The molecule has 1 unspecified atom stereocenters. The van der Waals surface area contributed by atoms with Crippen LogP contribution in [0.15, 0.2) is 66.7 Å². The molecule has 0 aromatic heterocycles. The van der Waals surface area contributed by atoms with Gasteiger partial charge < -0.3 is 5.32 Å². The third-order valence-corrected chi connectivity index (χ3v) is 4.20. The summed E-state index contributed by atoms with van der Waals surface area (Å²) in [6.07, 6.45) is 0.921. The van der Waals surface area contributed by atoms with E-state index in [0.717, 1.165) is 22.9 Å². The molecule has 1 amide bonds. The molecule has 0 bridgehead atoms. The monoisotopic (exact) mass is 303 g/mol. The van der Waals surface area contributed by atoms with E-state index in [4.69, 9.17) is 0 Å². The first kappa shape index (κ1) is 15.3. The van der Waals surface area contributed by atoms with E-state index < -0.39 is 0 Å². The predicted octanol–water partition coefficient (Wildman–Crippen LogP) is 5.04. The normalized spacial score (nSPS) is 12.1. The van der Waals surface area contributed by atoms with Crippen molar-refractivity contribution in [2.45, 2.75) is 26.3 Å². The first-order chi connectivity index (χ1) is 11.2. The van der Waals surface area contributed by atoms with Crippen molar-refractivity contribution in [3.05, 3.63) is 72.3 Å². The van der Waals surface area contributed by atoms with Crippen LogP contribution in [0.3, 0.4) is 0 Å². The maximum Gasteiger partial charge on any atom is 0.251 e. The smallest absolute Gasteiger partial charge is 0.251 e. The SMILES string of the molecule is CCC(C)NC(=O)c1cc(-c2ccccc2)c2ccccc2c1. The van der Waals surface area contributed by atoms with Crippen LogP contribution in [0.2, 0.25) is 0 Å². The average Bonchev–Trinajstić information content (AvgIpc) is 2.61. The first-order valence-electron chi connectivity index (χ1n) is 8.08. The predicted molar refractivity (Wildman–Crippen MR) is 96.6 cm³/mol. The van der Waals surface area contributed by atoms with Gasteiger partial charge in [0.2, 0.25) is 0 Å². The minimum Gasteiger partial charge on any atom is -0.350 e. The summed E-state index contributed by atoms with van der Waals surface area (Å²) in [7, 11) is 0. The standard InChI is InChI=1S/C21H21NO/c1-3-15(2)22-21(23)18-13-17-11-7-8-12-19(17)20(14-18)16-9-5-4-6-10-16/h4-15H,3H2,1-2H3,(H,22,23). The van der Waals surface area contributed by atoms with Crippen LogP contribution >= 0.6 is 0 Å². The number of fused-ring (bicyclic) bond motifs is 1. The second-order valence-electron chi connectivity index (χ2n) is 5.89. The van der Waals surface area contributed by atoms with Crippen molar-refractivity contribution in [2.75, 3.05) is 0 Å². The molecule has 0 aliphatic carbocycles. The fourth-order valence-electron chi connectivity index (χ4n) is 2.71. The highest BCUT2D eigenvalue weighted by molar-refractivity contribution is 6.04. The lowest BCUT2D eigenvalue weighted by Crippen LogP contribution is -2.31. The van der Waals surface area contributed by atoms with Gasteiger partial charge in [-0.2, -0.15) is 0 Å². The van der Waals surface area contributed by atoms with Gasteiger partial charge in [-0.3, -0.25) is 4.79 Å². The van der Waals surface area contributed by atoms with Crippen molar-refractivity contribution in [2.24, 2.45) is 0 Å². The molecule has 3 aromatic carbocycles. The molecule has 1 atom stereocenters. The Kier molecular flexibility index (Phi) is 4.42. The number of nitrogens with one attached hydrogen (secondary N) is 1. The highest BCUT2D eigenvalue weighted by Gasteiger charge is 2.12. The van der Waals surface area contributed by atoms with Crippen LogP contribution in [0.1, 0.15) is 30.6 Å². The number of amides is 1. The molecular weight excluding hydrogens is 282 g/mol. The lowest BCUT2D eigenvalue weighted by Gasteiger charge is -2.14. The molecule has 2 nitrogen and oxygen atoms in total. The quantitative estimate of drug-likeness (QED) is 0.719. The summed E-state index contributed by atoms with van der Waals surface area (Å²) in [4.78, 5) is 12.5. The third-order valence-electron chi connectivity index (χ3n) is 4.20. The molecule has 23 heavy (non-hydrogen) atoms.